The Hall–Kier alpha value is -1.58. The summed E-state index contributed by atoms with van der Waals surface area (Å²) >= 11 is 0. The van der Waals surface area contributed by atoms with Crippen molar-refractivity contribution in [3.63, 3.8) is 0 Å². The fourth-order valence-corrected chi connectivity index (χ4v) is 3.21. The second kappa shape index (κ2) is 6.05. The molecule has 0 N–H and O–H groups in total. The average molecular weight is 322 g/mol. The molecule has 1 heterocycles. The third-order valence-corrected chi connectivity index (χ3v) is 5.51. The molecule has 0 aliphatic carbocycles. The van der Waals surface area contributed by atoms with Crippen LogP contribution in [0, 0.1) is 6.92 Å². The predicted octanol–water partition coefficient (Wildman–Crippen LogP) is 4.45. The summed E-state index contributed by atoms with van der Waals surface area (Å²) in [5, 5.41) is 0. The molecule has 126 valence electrons. The zero-order valence-electron chi connectivity index (χ0n) is 15.6. The molecule has 24 heavy (non-hydrogen) atoms. The van der Waals surface area contributed by atoms with E-state index in [-0.39, 0.29) is 18.3 Å². The number of benzene rings is 2. The second-order valence-electron chi connectivity index (χ2n) is 7.85. The Balaban J connectivity index is 1.98. The minimum atomic E-state index is -0.322. The molecule has 0 radical (unpaired) electrons. The number of hydrogen-bond acceptors (Lipinski definition) is 2. The van der Waals surface area contributed by atoms with E-state index in [4.69, 9.17) is 9.31 Å². The van der Waals surface area contributed by atoms with Gasteiger partial charge in [-0.05, 0) is 51.2 Å². The van der Waals surface area contributed by atoms with Gasteiger partial charge in [-0.2, -0.15) is 0 Å². The lowest BCUT2D eigenvalue weighted by atomic mass is 9.72. The first-order chi connectivity index (χ1) is 11.2. The lowest BCUT2D eigenvalue weighted by Gasteiger charge is -2.32. The van der Waals surface area contributed by atoms with Crippen LogP contribution in [0.2, 0.25) is 0 Å². The van der Waals surface area contributed by atoms with Crippen molar-refractivity contribution < 1.29 is 9.31 Å². The van der Waals surface area contributed by atoms with Crippen LogP contribution in [0.25, 0.3) is 0 Å². The molecule has 3 heteroatoms. The van der Waals surface area contributed by atoms with E-state index in [9.17, 15) is 0 Å². The molecule has 2 nitrogen and oxygen atoms in total. The lowest BCUT2D eigenvalue weighted by Crippen LogP contribution is -2.41. The minimum Gasteiger partial charge on any atom is -0.399 e. The monoisotopic (exact) mass is 322 g/mol. The maximum Gasteiger partial charge on any atom is 0.495 e. The van der Waals surface area contributed by atoms with Crippen LogP contribution in [-0.2, 0) is 9.31 Å². The van der Waals surface area contributed by atoms with Gasteiger partial charge in [-0.15, -0.1) is 0 Å². The Morgan fingerprint density at radius 3 is 2.12 bits per heavy atom. The van der Waals surface area contributed by atoms with Gasteiger partial charge >= 0.3 is 7.12 Å². The van der Waals surface area contributed by atoms with E-state index in [1.807, 2.05) is 0 Å². The van der Waals surface area contributed by atoms with Crippen molar-refractivity contribution in [3.05, 3.63) is 65.2 Å². The zero-order valence-corrected chi connectivity index (χ0v) is 15.6. The summed E-state index contributed by atoms with van der Waals surface area (Å²) in [5.74, 6) is 0.292. The van der Waals surface area contributed by atoms with Crippen molar-refractivity contribution in [2.45, 2.75) is 58.7 Å². The third-order valence-electron chi connectivity index (χ3n) is 5.51. The van der Waals surface area contributed by atoms with E-state index < -0.39 is 0 Å². The van der Waals surface area contributed by atoms with Crippen LogP contribution in [0.3, 0.4) is 0 Å². The fraction of sp³-hybridized carbons (Fsp3) is 0.429. The van der Waals surface area contributed by atoms with Gasteiger partial charge in [0.25, 0.3) is 0 Å². The van der Waals surface area contributed by atoms with Gasteiger partial charge < -0.3 is 9.31 Å². The zero-order chi connectivity index (χ0) is 17.5. The molecule has 2 aromatic rings. The molecule has 0 aromatic heterocycles. The smallest absolute Gasteiger partial charge is 0.399 e. The molecule has 1 fully saturated rings. The van der Waals surface area contributed by atoms with Crippen LogP contribution in [0.15, 0.2) is 48.5 Å². The highest BCUT2D eigenvalue weighted by Gasteiger charge is 2.52. The van der Waals surface area contributed by atoms with Gasteiger partial charge in [0.2, 0.25) is 0 Å². The minimum absolute atomic E-state index is 0.292. The van der Waals surface area contributed by atoms with E-state index in [0.717, 1.165) is 5.46 Å². The molecule has 0 spiro atoms. The molecular weight excluding hydrogens is 295 g/mol. The van der Waals surface area contributed by atoms with E-state index in [0.29, 0.717) is 5.92 Å². The van der Waals surface area contributed by atoms with Crippen molar-refractivity contribution >= 4 is 12.6 Å². The molecule has 0 saturated carbocycles. The average Bonchev–Trinajstić information content (AvgIpc) is 2.74. The van der Waals surface area contributed by atoms with Crippen LogP contribution in [0.4, 0.5) is 0 Å². The molecule has 3 rings (SSSR count). The van der Waals surface area contributed by atoms with Crippen LogP contribution in [-0.4, -0.2) is 18.3 Å². The SMILES string of the molecule is Cc1cccc(C(C)c2ccccc2B2OC(C)(C)C(C)(C)O2)c1. The number of aryl methyl sites for hydroxylation is 1. The van der Waals surface area contributed by atoms with Crippen LogP contribution in [0.5, 0.6) is 0 Å². The van der Waals surface area contributed by atoms with Crippen LogP contribution in [0.1, 0.15) is 57.2 Å². The first-order valence-electron chi connectivity index (χ1n) is 8.72. The molecule has 2 aromatic carbocycles. The van der Waals surface area contributed by atoms with Crippen LogP contribution < -0.4 is 5.46 Å². The van der Waals surface area contributed by atoms with E-state index in [2.05, 4.69) is 90.1 Å². The van der Waals surface area contributed by atoms with Crippen molar-refractivity contribution in [2.75, 3.05) is 0 Å². The summed E-state index contributed by atoms with van der Waals surface area (Å²) in [6.45, 7) is 12.8. The first kappa shape index (κ1) is 17.3. The Morgan fingerprint density at radius 1 is 0.875 bits per heavy atom. The maximum atomic E-state index is 6.28. The van der Waals surface area contributed by atoms with Gasteiger partial charge in [0.05, 0.1) is 11.2 Å². The van der Waals surface area contributed by atoms with E-state index in [1.165, 1.54) is 16.7 Å². The summed E-state index contributed by atoms with van der Waals surface area (Å²) in [4.78, 5) is 0. The Bertz CT molecular complexity index is 720. The largest absolute Gasteiger partial charge is 0.495 e. The van der Waals surface area contributed by atoms with Gasteiger partial charge in [-0.3, -0.25) is 0 Å². The van der Waals surface area contributed by atoms with Gasteiger partial charge in [-0.25, -0.2) is 0 Å². The molecule has 1 aliphatic heterocycles. The van der Waals surface area contributed by atoms with Gasteiger partial charge in [-0.1, -0.05) is 61.0 Å². The van der Waals surface area contributed by atoms with Crippen molar-refractivity contribution in [1.82, 2.24) is 0 Å². The third kappa shape index (κ3) is 3.03. The normalized spacial score (nSPS) is 20.2. The Kier molecular flexibility index (Phi) is 4.35. The summed E-state index contributed by atoms with van der Waals surface area (Å²) in [7, 11) is -0.321. The Labute approximate surface area is 146 Å². The molecule has 1 unspecified atom stereocenters. The highest BCUT2D eigenvalue weighted by molar-refractivity contribution is 6.62. The topological polar surface area (TPSA) is 18.5 Å². The Morgan fingerprint density at radius 2 is 1.50 bits per heavy atom. The van der Waals surface area contributed by atoms with Crippen molar-refractivity contribution in [3.8, 4) is 0 Å². The molecule has 1 aliphatic rings. The maximum absolute atomic E-state index is 6.28. The summed E-state index contributed by atoms with van der Waals surface area (Å²) in [6.07, 6.45) is 0. The van der Waals surface area contributed by atoms with Gasteiger partial charge in [0.15, 0.2) is 0 Å². The molecular formula is C21H27BO2. The van der Waals surface area contributed by atoms with Crippen LogP contribution >= 0.6 is 0 Å². The molecule has 1 saturated heterocycles. The molecule has 1 atom stereocenters. The first-order valence-corrected chi connectivity index (χ1v) is 8.72. The lowest BCUT2D eigenvalue weighted by molar-refractivity contribution is 0.00578. The quantitative estimate of drug-likeness (QED) is 0.778. The summed E-state index contributed by atoms with van der Waals surface area (Å²) in [5.41, 5.74) is 4.35. The number of rotatable bonds is 3. The fourth-order valence-electron chi connectivity index (χ4n) is 3.21. The number of hydrogen-bond donors (Lipinski definition) is 0. The molecule has 0 amide bonds. The van der Waals surface area contributed by atoms with Gasteiger partial charge in [0.1, 0.15) is 0 Å². The van der Waals surface area contributed by atoms with E-state index in [1.54, 1.807) is 0 Å². The highest BCUT2D eigenvalue weighted by atomic mass is 16.7. The summed E-state index contributed by atoms with van der Waals surface area (Å²) < 4.78 is 12.6. The summed E-state index contributed by atoms with van der Waals surface area (Å²) in [6, 6.07) is 17.2. The van der Waals surface area contributed by atoms with Crippen molar-refractivity contribution in [1.29, 1.82) is 0 Å². The highest BCUT2D eigenvalue weighted by Crippen LogP contribution is 2.37. The van der Waals surface area contributed by atoms with Crippen molar-refractivity contribution in [2.24, 2.45) is 0 Å². The van der Waals surface area contributed by atoms with E-state index >= 15 is 0 Å². The standard InChI is InChI=1S/C21H27BO2/c1-15-10-9-11-17(14-15)16(2)18-12-7-8-13-19(18)22-23-20(3,4)21(5,6)24-22/h7-14,16H,1-6H3. The second-order valence-corrected chi connectivity index (χ2v) is 7.85. The predicted molar refractivity (Wildman–Crippen MR) is 101 cm³/mol. The molecule has 0 bridgehead atoms. The van der Waals surface area contributed by atoms with Gasteiger partial charge in [0, 0.05) is 5.92 Å².